The third kappa shape index (κ3) is 3.41. The van der Waals surface area contributed by atoms with E-state index in [-0.39, 0.29) is 10.9 Å². The molecular weight excluding hydrogens is 252 g/mol. The average molecular weight is 270 g/mol. The molecule has 0 spiro atoms. The standard InChI is InChI=1S/C11H18N4O2S/c1-8(6-9-2-3-9)15-18(16,17)10-4-5-13-11(7-10)14-12/h4-5,7-9,15H,2-3,6,12H2,1H3,(H,13,14). The lowest BCUT2D eigenvalue weighted by Gasteiger charge is -2.14. The summed E-state index contributed by atoms with van der Waals surface area (Å²) >= 11 is 0. The maximum Gasteiger partial charge on any atom is 0.240 e. The number of nitrogens with zero attached hydrogens (tertiary/aromatic N) is 1. The number of nitrogens with one attached hydrogen (secondary N) is 2. The summed E-state index contributed by atoms with van der Waals surface area (Å²) in [5, 5.41) is 0. The largest absolute Gasteiger partial charge is 0.308 e. The molecule has 18 heavy (non-hydrogen) atoms. The molecule has 1 aromatic heterocycles. The lowest BCUT2D eigenvalue weighted by atomic mass is 10.2. The molecule has 4 N–H and O–H groups in total. The summed E-state index contributed by atoms with van der Waals surface area (Å²) in [4.78, 5) is 4.05. The van der Waals surface area contributed by atoms with Crippen molar-refractivity contribution in [1.29, 1.82) is 0 Å². The maximum atomic E-state index is 12.1. The molecule has 1 unspecified atom stereocenters. The number of pyridine rings is 1. The third-order valence-corrected chi connectivity index (χ3v) is 4.52. The van der Waals surface area contributed by atoms with Gasteiger partial charge in [0.25, 0.3) is 0 Å². The highest BCUT2D eigenvalue weighted by Gasteiger charge is 2.26. The van der Waals surface area contributed by atoms with Crippen LogP contribution in [0.1, 0.15) is 26.2 Å². The van der Waals surface area contributed by atoms with Gasteiger partial charge in [0.05, 0.1) is 4.90 Å². The number of nitrogen functional groups attached to an aromatic ring is 1. The molecule has 1 saturated carbocycles. The molecule has 1 aromatic rings. The molecular formula is C11H18N4O2S. The van der Waals surface area contributed by atoms with Crippen LogP contribution in [0.5, 0.6) is 0 Å². The topological polar surface area (TPSA) is 97.1 Å². The smallest absolute Gasteiger partial charge is 0.240 e. The van der Waals surface area contributed by atoms with Crippen LogP contribution in [-0.2, 0) is 10.0 Å². The second-order valence-electron chi connectivity index (χ2n) is 4.72. The molecule has 1 heterocycles. The molecule has 2 rings (SSSR count). The quantitative estimate of drug-likeness (QED) is 0.525. The van der Waals surface area contributed by atoms with Gasteiger partial charge in [-0.1, -0.05) is 12.8 Å². The van der Waals surface area contributed by atoms with Crippen molar-refractivity contribution in [2.45, 2.75) is 37.1 Å². The SMILES string of the molecule is CC(CC1CC1)NS(=O)(=O)c1ccnc(NN)c1. The monoisotopic (exact) mass is 270 g/mol. The zero-order chi connectivity index (χ0) is 13.2. The third-order valence-electron chi connectivity index (χ3n) is 2.93. The van der Waals surface area contributed by atoms with Crippen molar-refractivity contribution in [3.63, 3.8) is 0 Å². The van der Waals surface area contributed by atoms with Crippen LogP contribution in [0.15, 0.2) is 23.2 Å². The van der Waals surface area contributed by atoms with Crippen LogP contribution in [0.4, 0.5) is 5.82 Å². The number of hydrazine groups is 1. The molecule has 100 valence electrons. The van der Waals surface area contributed by atoms with Gasteiger partial charge in [-0.05, 0) is 25.3 Å². The van der Waals surface area contributed by atoms with Crippen LogP contribution in [0, 0.1) is 5.92 Å². The first-order chi connectivity index (χ1) is 8.51. The van der Waals surface area contributed by atoms with Gasteiger partial charge in [0.15, 0.2) is 0 Å². The van der Waals surface area contributed by atoms with E-state index in [4.69, 9.17) is 5.84 Å². The van der Waals surface area contributed by atoms with Crippen LogP contribution in [0.3, 0.4) is 0 Å². The summed E-state index contributed by atoms with van der Waals surface area (Å²) in [6.07, 6.45) is 4.73. The summed E-state index contributed by atoms with van der Waals surface area (Å²) < 4.78 is 26.9. The minimum atomic E-state index is -3.50. The first-order valence-electron chi connectivity index (χ1n) is 5.96. The zero-order valence-corrected chi connectivity index (χ0v) is 11.1. The van der Waals surface area contributed by atoms with E-state index in [2.05, 4.69) is 15.1 Å². The van der Waals surface area contributed by atoms with Crippen LogP contribution in [0.25, 0.3) is 0 Å². The Labute approximate surface area is 107 Å². The first kappa shape index (κ1) is 13.3. The van der Waals surface area contributed by atoms with Gasteiger partial charge in [-0.25, -0.2) is 24.0 Å². The average Bonchev–Trinajstić information content (AvgIpc) is 3.12. The predicted octanol–water partition coefficient (Wildman–Crippen LogP) is 0.834. The Morgan fingerprint density at radius 1 is 1.56 bits per heavy atom. The van der Waals surface area contributed by atoms with Crippen LogP contribution in [-0.4, -0.2) is 19.4 Å². The van der Waals surface area contributed by atoms with Crippen molar-refractivity contribution in [2.24, 2.45) is 11.8 Å². The van der Waals surface area contributed by atoms with Gasteiger partial charge in [-0.3, -0.25) is 0 Å². The molecule has 0 aliphatic heterocycles. The van der Waals surface area contributed by atoms with E-state index < -0.39 is 10.0 Å². The van der Waals surface area contributed by atoms with Gasteiger partial charge in [0.2, 0.25) is 10.0 Å². The van der Waals surface area contributed by atoms with Crippen molar-refractivity contribution in [1.82, 2.24) is 9.71 Å². The Morgan fingerprint density at radius 3 is 2.89 bits per heavy atom. The molecule has 1 aliphatic carbocycles. The second kappa shape index (κ2) is 5.21. The maximum absolute atomic E-state index is 12.1. The number of hydrogen-bond donors (Lipinski definition) is 3. The molecule has 0 aromatic carbocycles. The predicted molar refractivity (Wildman–Crippen MR) is 69.2 cm³/mol. The van der Waals surface area contributed by atoms with Crippen molar-refractivity contribution in [2.75, 3.05) is 5.43 Å². The highest BCUT2D eigenvalue weighted by atomic mass is 32.2. The fourth-order valence-electron chi connectivity index (χ4n) is 1.89. The van der Waals surface area contributed by atoms with Crippen molar-refractivity contribution in [3.8, 4) is 0 Å². The normalized spacial score (nSPS) is 17.4. The number of nitrogens with two attached hydrogens (primary N) is 1. The molecule has 0 bridgehead atoms. The lowest BCUT2D eigenvalue weighted by molar-refractivity contribution is 0.530. The summed E-state index contributed by atoms with van der Waals surface area (Å²) in [5.74, 6) is 6.22. The molecule has 7 heteroatoms. The molecule has 1 fully saturated rings. The highest BCUT2D eigenvalue weighted by Crippen LogP contribution is 2.33. The summed E-state index contributed by atoms with van der Waals surface area (Å²) in [6.45, 7) is 1.89. The van der Waals surface area contributed by atoms with E-state index in [0.29, 0.717) is 11.7 Å². The summed E-state index contributed by atoms with van der Waals surface area (Å²) in [7, 11) is -3.50. The van der Waals surface area contributed by atoms with E-state index in [1.165, 1.54) is 31.2 Å². The van der Waals surface area contributed by atoms with Gasteiger partial charge in [0, 0.05) is 18.3 Å². The van der Waals surface area contributed by atoms with Gasteiger partial charge in [-0.15, -0.1) is 0 Å². The Hall–Kier alpha value is -1.18. The first-order valence-corrected chi connectivity index (χ1v) is 7.44. The van der Waals surface area contributed by atoms with Crippen molar-refractivity contribution < 1.29 is 8.42 Å². The van der Waals surface area contributed by atoms with Gasteiger partial charge in [-0.2, -0.15) is 0 Å². The Balaban J connectivity index is 2.08. The Bertz CT molecular complexity index is 514. The molecule has 6 nitrogen and oxygen atoms in total. The number of sulfonamides is 1. The van der Waals surface area contributed by atoms with E-state index in [0.717, 1.165) is 6.42 Å². The van der Waals surface area contributed by atoms with Crippen LogP contribution < -0.4 is 16.0 Å². The molecule has 1 atom stereocenters. The minimum absolute atomic E-state index is 0.0510. The fourth-order valence-corrected chi connectivity index (χ4v) is 3.16. The number of aromatic nitrogens is 1. The summed E-state index contributed by atoms with van der Waals surface area (Å²) in [6, 6.07) is 2.81. The van der Waals surface area contributed by atoms with E-state index in [1.807, 2.05) is 6.92 Å². The number of anilines is 1. The fraction of sp³-hybridized carbons (Fsp3) is 0.545. The van der Waals surface area contributed by atoms with Crippen LogP contribution in [0.2, 0.25) is 0 Å². The highest BCUT2D eigenvalue weighted by molar-refractivity contribution is 7.89. The molecule has 0 radical (unpaired) electrons. The summed E-state index contributed by atoms with van der Waals surface area (Å²) in [5.41, 5.74) is 2.33. The van der Waals surface area contributed by atoms with Crippen molar-refractivity contribution in [3.05, 3.63) is 18.3 Å². The number of rotatable bonds is 6. The number of hydrogen-bond acceptors (Lipinski definition) is 5. The van der Waals surface area contributed by atoms with E-state index >= 15 is 0 Å². The molecule has 1 aliphatic rings. The van der Waals surface area contributed by atoms with E-state index in [9.17, 15) is 8.42 Å². The van der Waals surface area contributed by atoms with Gasteiger partial charge < -0.3 is 5.43 Å². The van der Waals surface area contributed by atoms with E-state index in [1.54, 1.807) is 0 Å². The minimum Gasteiger partial charge on any atom is -0.308 e. The van der Waals surface area contributed by atoms with Crippen molar-refractivity contribution >= 4 is 15.8 Å². The molecule has 0 amide bonds. The second-order valence-corrected chi connectivity index (χ2v) is 6.44. The Kier molecular flexibility index (Phi) is 3.84. The zero-order valence-electron chi connectivity index (χ0n) is 10.3. The molecule has 0 saturated heterocycles. The van der Waals surface area contributed by atoms with Gasteiger partial charge >= 0.3 is 0 Å². The Morgan fingerprint density at radius 2 is 2.28 bits per heavy atom. The van der Waals surface area contributed by atoms with Gasteiger partial charge in [0.1, 0.15) is 5.82 Å². The lowest BCUT2D eigenvalue weighted by Crippen LogP contribution is -2.33. The van der Waals surface area contributed by atoms with Crippen LogP contribution >= 0.6 is 0 Å².